The van der Waals surface area contributed by atoms with Gasteiger partial charge in [-0.3, -0.25) is 4.90 Å². The van der Waals surface area contributed by atoms with Crippen LogP contribution in [0.3, 0.4) is 0 Å². The maximum Gasteiger partial charge on any atom is 0.251 e. The van der Waals surface area contributed by atoms with Crippen molar-refractivity contribution in [1.82, 2.24) is 9.62 Å². The van der Waals surface area contributed by atoms with Gasteiger partial charge in [0.05, 0.1) is 12.7 Å². The van der Waals surface area contributed by atoms with Crippen LogP contribution in [0.2, 0.25) is 0 Å². The Morgan fingerprint density at radius 3 is 3.05 bits per heavy atom. The van der Waals surface area contributed by atoms with Crippen molar-refractivity contribution in [2.45, 2.75) is 17.2 Å². The average Bonchev–Trinajstić information content (AvgIpc) is 2.84. The van der Waals surface area contributed by atoms with Gasteiger partial charge in [-0.15, -0.1) is 11.3 Å². The van der Waals surface area contributed by atoms with Crippen LogP contribution < -0.4 is 4.72 Å². The fourth-order valence-corrected chi connectivity index (χ4v) is 5.38. The fraction of sp³-hybridized carbons (Fsp3) is 0.636. The van der Waals surface area contributed by atoms with Gasteiger partial charge in [-0.2, -0.15) is 0 Å². The summed E-state index contributed by atoms with van der Waals surface area (Å²) in [5, 5.41) is 1.74. The molecule has 0 saturated carbocycles. The molecule has 1 unspecified atom stereocenters. The Morgan fingerprint density at radius 2 is 2.42 bits per heavy atom. The van der Waals surface area contributed by atoms with Crippen LogP contribution in [0.5, 0.6) is 0 Å². The lowest BCUT2D eigenvalue weighted by atomic mass is 10.3. The van der Waals surface area contributed by atoms with Crippen LogP contribution in [0, 0.1) is 0 Å². The molecule has 0 bridgehead atoms. The van der Waals surface area contributed by atoms with Crippen molar-refractivity contribution in [3.05, 3.63) is 15.9 Å². The summed E-state index contributed by atoms with van der Waals surface area (Å²) in [5.41, 5.74) is 0. The number of nitrogens with one attached hydrogen (secondary N) is 1. The van der Waals surface area contributed by atoms with Crippen LogP contribution in [0.15, 0.2) is 20.1 Å². The second kappa shape index (κ2) is 6.64. The van der Waals surface area contributed by atoms with Crippen LogP contribution in [0.4, 0.5) is 0 Å². The number of nitrogens with zero attached hydrogens (tertiary/aromatic N) is 1. The van der Waals surface area contributed by atoms with Crippen molar-refractivity contribution in [2.75, 3.05) is 32.8 Å². The lowest BCUT2D eigenvalue weighted by Crippen LogP contribution is -2.47. The van der Waals surface area contributed by atoms with E-state index >= 15 is 0 Å². The highest BCUT2D eigenvalue weighted by molar-refractivity contribution is 9.10. The molecule has 0 aromatic carbocycles. The molecule has 2 heterocycles. The van der Waals surface area contributed by atoms with Gasteiger partial charge in [0.1, 0.15) is 4.21 Å². The topological polar surface area (TPSA) is 58.6 Å². The van der Waals surface area contributed by atoms with Gasteiger partial charge in [-0.05, 0) is 33.9 Å². The molecule has 0 radical (unpaired) electrons. The van der Waals surface area contributed by atoms with Gasteiger partial charge in [-0.1, -0.05) is 6.92 Å². The Bertz CT molecular complexity index is 518. The molecule has 5 nitrogen and oxygen atoms in total. The Balaban J connectivity index is 1.93. The fourth-order valence-electron chi connectivity index (χ4n) is 1.93. The molecular formula is C11H17BrN2O3S2. The first-order chi connectivity index (χ1) is 9.03. The number of morpholine rings is 1. The molecule has 8 heteroatoms. The van der Waals surface area contributed by atoms with Gasteiger partial charge in [-0.25, -0.2) is 13.1 Å². The van der Waals surface area contributed by atoms with E-state index in [0.717, 1.165) is 19.6 Å². The van der Waals surface area contributed by atoms with Gasteiger partial charge in [0.15, 0.2) is 0 Å². The number of halogens is 1. The van der Waals surface area contributed by atoms with Crippen LogP contribution in [-0.2, 0) is 14.8 Å². The molecule has 1 aliphatic heterocycles. The molecule has 19 heavy (non-hydrogen) atoms. The van der Waals surface area contributed by atoms with Crippen LogP contribution in [-0.4, -0.2) is 52.2 Å². The molecule has 1 aromatic rings. The van der Waals surface area contributed by atoms with Crippen molar-refractivity contribution in [2.24, 2.45) is 0 Å². The largest absolute Gasteiger partial charge is 0.374 e. The van der Waals surface area contributed by atoms with E-state index in [2.05, 4.69) is 32.5 Å². The Morgan fingerprint density at radius 1 is 1.63 bits per heavy atom. The lowest BCUT2D eigenvalue weighted by molar-refractivity contribution is -0.0229. The minimum Gasteiger partial charge on any atom is -0.374 e. The first-order valence-electron chi connectivity index (χ1n) is 6.09. The zero-order valence-electron chi connectivity index (χ0n) is 10.6. The standard InChI is InChI=1S/C11H17BrN2O3S2/c1-2-14-4-5-17-9(8-14)7-13-19(15,16)11-10(12)3-6-18-11/h3,6,9,13H,2,4-5,7-8H2,1H3. The summed E-state index contributed by atoms with van der Waals surface area (Å²) < 4.78 is 33.3. The summed E-state index contributed by atoms with van der Waals surface area (Å²) in [7, 11) is -3.45. The lowest BCUT2D eigenvalue weighted by Gasteiger charge is -2.32. The van der Waals surface area contributed by atoms with Gasteiger partial charge in [0.2, 0.25) is 0 Å². The minimum absolute atomic E-state index is 0.0813. The summed E-state index contributed by atoms with van der Waals surface area (Å²) >= 11 is 4.44. The van der Waals surface area contributed by atoms with Crippen LogP contribution in [0.1, 0.15) is 6.92 Å². The number of ether oxygens (including phenoxy) is 1. The number of rotatable bonds is 5. The van der Waals surface area contributed by atoms with E-state index in [4.69, 9.17) is 4.74 Å². The van der Waals surface area contributed by atoms with E-state index in [1.807, 2.05) is 0 Å². The zero-order valence-corrected chi connectivity index (χ0v) is 13.9. The number of sulfonamides is 1. The smallest absolute Gasteiger partial charge is 0.251 e. The second-order valence-electron chi connectivity index (χ2n) is 4.29. The van der Waals surface area contributed by atoms with Gasteiger partial charge >= 0.3 is 0 Å². The number of likely N-dealkylation sites (N-methyl/N-ethyl adjacent to an activating group) is 1. The maximum atomic E-state index is 12.1. The van der Waals surface area contributed by atoms with Crippen LogP contribution in [0.25, 0.3) is 0 Å². The van der Waals surface area contributed by atoms with E-state index in [9.17, 15) is 8.42 Å². The van der Waals surface area contributed by atoms with E-state index in [-0.39, 0.29) is 6.10 Å². The summed E-state index contributed by atoms with van der Waals surface area (Å²) in [6.07, 6.45) is -0.0813. The zero-order chi connectivity index (χ0) is 13.9. The molecule has 1 aromatic heterocycles. The highest BCUT2D eigenvalue weighted by Gasteiger charge is 2.24. The quantitative estimate of drug-likeness (QED) is 0.855. The highest BCUT2D eigenvalue weighted by Crippen LogP contribution is 2.27. The van der Waals surface area contributed by atoms with E-state index in [1.165, 1.54) is 11.3 Å². The molecule has 1 saturated heterocycles. The van der Waals surface area contributed by atoms with Crippen molar-refractivity contribution >= 4 is 37.3 Å². The number of hydrogen-bond donors (Lipinski definition) is 1. The molecule has 1 fully saturated rings. The normalized spacial score (nSPS) is 21.7. The molecule has 1 aliphatic rings. The first kappa shape index (κ1) is 15.4. The molecular weight excluding hydrogens is 352 g/mol. The minimum atomic E-state index is -3.45. The summed E-state index contributed by atoms with van der Waals surface area (Å²) in [6.45, 7) is 5.70. The Labute approximate surface area is 126 Å². The summed E-state index contributed by atoms with van der Waals surface area (Å²) in [5.74, 6) is 0. The summed E-state index contributed by atoms with van der Waals surface area (Å²) in [4.78, 5) is 2.25. The highest BCUT2D eigenvalue weighted by atomic mass is 79.9. The molecule has 2 rings (SSSR count). The van der Waals surface area contributed by atoms with Crippen molar-refractivity contribution < 1.29 is 13.2 Å². The third-order valence-corrected chi connectivity index (χ3v) is 7.09. The molecule has 1 N–H and O–H groups in total. The van der Waals surface area contributed by atoms with Crippen molar-refractivity contribution in [3.8, 4) is 0 Å². The number of thiophene rings is 1. The molecule has 0 spiro atoms. The molecule has 1 atom stereocenters. The SMILES string of the molecule is CCN1CCOC(CNS(=O)(=O)c2sccc2Br)C1. The van der Waals surface area contributed by atoms with Crippen molar-refractivity contribution in [3.63, 3.8) is 0 Å². The average molecular weight is 369 g/mol. The molecule has 0 aliphatic carbocycles. The molecule has 108 valence electrons. The van der Waals surface area contributed by atoms with Gasteiger partial charge < -0.3 is 4.74 Å². The third-order valence-electron chi connectivity index (χ3n) is 3.00. The maximum absolute atomic E-state index is 12.1. The Hall–Kier alpha value is 0.01000. The van der Waals surface area contributed by atoms with Crippen LogP contribution >= 0.6 is 27.3 Å². The van der Waals surface area contributed by atoms with E-state index in [0.29, 0.717) is 21.8 Å². The third kappa shape index (κ3) is 3.99. The Kier molecular flexibility index (Phi) is 5.38. The van der Waals surface area contributed by atoms with E-state index < -0.39 is 10.0 Å². The number of hydrogen-bond acceptors (Lipinski definition) is 5. The van der Waals surface area contributed by atoms with Crippen molar-refractivity contribution in [1.29, 1.82) is 0 Å². The van der Waals surface area contributed by atoms with Gasteiger partial charge in [0, 0.05) is 24.1 Å². The van der Waals surface area contributed by atoms with E-state index in [1.54, 1.807) is 11.4 Å². The molecule has 0 amide bonds. The predicted octanol–water partition coefficient (Wildman–Crippen LogP) is 1.51. The monoisotopic (exact) mass is 368 g/mol. The first-order valence-corrected chi connectivity index (χ1v) is 9.25. The van der Waals surface area contributed by atoms with Gasteiger partial charge in [0.25, 0.3) is 10.0 Å². The predicted molar refractivity (Wildman–Crippen MR) is 79.1 cm³/mol. The summed E-state index contributed by atoms with van der Waals surface area (Å²) in [6, 6.07) is 1.73. The second-order valence-corrected chi connectivity index (χ2v) is 8.03.